The van der Waals surface area contributed by atoms with Crippen molar-refractivity contribution in [2.75, 3.05) is 65.0 Å². The highest BCUT2D eigenvalue weighted by atomic mass is 32.2. The number of aliphatic carboxylic acids is 1. The predicted octanol–water partition coefficient (Wildman–Crippen LogP) is -0.374. The third kappa shape index (κ3) is 11.9. The molecule has 3 heterocycles. The molecule has 0 aromatic carbocycles. The maximum Gasteiger partial charge on any atom is 0.320 e. The SMILES string of the molecule is O=C(CCN1C(=O)C=CC1=O)NCCCOCCOCCOCCCNC(CCC[C@@H]1SC[C@@H]2NC(=O)N[C@@H]21)C(=O)O. The maximum absolute atomic E-state index is 11.8. The molecule has 4 atom stereocenters. The van der Waals surface area contributed by atoms with E-state index in [-0.39, 0.29) is 37.0 Å². The Bertz CT molecular complexity index is 935. The second-order valence-corrected chi connectivity index (χ2v) is 11.5. The number of nitrogens with zero attached hydrogens (tertiary/aromatic N) is 1. The number of nitrogens with one attached hydrogen (secondary N) is 4. The number of carbonyl (C=O) groups excluding carboxylic acids is 4. The highest BCUT2D eigenvalue weighted by Gasteiger charge is 2.42. The molecule has 0 radical (unpaired) electrons. The van der Waals surface area contributed by atoms with Gasteiger partial charge < -0.3 is 40.6 Å². The van der Waals surface area contributed by atoms with E-state index in [2.05, 4.69) is 21.3 Å². The Morgan fingerprint density at radius 2 is 1.60 bits per heavy atom. The van der Waals surface area contributed by atoms with Crippen molar-refractivity contribution in [1.82, 2.24) is 26.2 Å². The molecule has 0 aliphatic carbocycles. The molecule has 236 valence electrons. The molecular formula is C27H43N5O9S. The van der Waals surface area contributed by atoms with Gasteiger partial charge in [-0.3, -0.25) is 24.1 Å². The predicted molar refractivity (Wildman–Crippen MR) is 154 cm³/mol. The summed E-state index contributed by atoms with van der Waals surface area (Å²) in [6, 6.07) is -0.392. The molecule has 15 heteroatoms. The van der Waals surface area contributed by atoms with E-state index >= 15 is 0 Å². The number of hydrogen-bond acceptors (Lipinski definition) is 10. The summed E-state index contributed by atoms with van der Waals surface area (Å²) in [6.07, 6.45) is 5.97. The summed E-state index contributed by atoms with van der Waals surface area (Å²) >= 11 is 1.83. The molecule has 14 nitrogen and oxygen atoms in total. The fourth-order valence-corrected chi connectivity index (χ4v) is 6.37. The van der Waals surface area contributed by atoms with Crippen molar-refractivity contribution < 1.29 is 43.3 Å². The Balaban J connectivity index is 1.05. The van der Waals surface area contributed by atoms with Crippen LogP contribution in [-0.2, 0) is 33.4 Å². The standard InChI is InChI=1S/C27H43N5O9S/c33-22(8-11-32-23(34)6-7-24(32)35)29-10-3-13-40-15-17-41-16-14-39-12-2-9-28-19(26(36)37)4-1-5-21-25-20(18-42-21)30-27(38)31-25/h6-7,19-21,25,28H,1-5,8-18H2,(H,29,33)(H,36,37)(H2,30,31,38)/t19?,20-,21-,25-/m0/s1. The first-order chi connectivity index (χ1) is 20.3. The van der Waals surface area contributed by atoms with Crippen LogP contribution >= 0.6 is 11.8 Å². The summed E-state index contributed by atoms with van der Waals surface area (Å²) in [4.78, 5) is 58.8. The van der Waals surface area contributed by atoms with Gasteiger partial charge >= 0.3 is 12.0 Å². The van der Waals surface area contributed by atoms with Gasteiger partial charge in [0.05, 0.1) is 38.5 Å². The van der Waals surface area contributed by atoms with Crippen LogP contribution in [0.5, 0.6) is 0 Å². The molecule has 0 spiro atoms. The largest absolute Gasteiger partial charge is 0.480 e. The number of imide groups is 1. The van der Waals surface area contributed by atoms with Crippen molar-refractivity contribution in [3.05, 3.63) is 12.2 Å². The number of hydrogen-bond donors (Lipinski definition) is 5. The van der Waals surface area contributed by atoms with E-state index in [9.17, 15) is 29.1 Å². The van der Waals surface area contributed by atoms with E-state index < -0.39 is 23.8 Å². The van der Waals surface area contributed by atoms with Crippen molar-refractivity contribution in [2.24, 2.45) is 0 Å². The van der Waals surface area contributed by atoms with Gasteiger partial charge in [-0.05, 0) is 32.2 Å². The second kappa shape index (κ2) is 18.7. The summed E-state index contributed by atoms with van der Waals surface area (Å²) < 4.78 is 16.5. The third-order valence-electron chi connectivity index (χ3n) is 7.07. The number of carbonyl (C=O) groups is 5. The normalized spacial score (nSPS) is 21.9. The van der Waals surface area contributed by atoms with Crippen LogP contribution in [-0.4, -0.2) is 128 Å². The molecule has 0 aromatic heterocycles. The number of fused-ring (bicyclic) bond motifs is 1. The van der Waals surface area contributed by atoms with Gasteiger partial charge in [-0.1, -0.05) is 6.42 Å². The lowest BCUT2D eigenvalue weighted by Crippen LogP contribution is -2.39. The second-order valence-electron chi connectivity index (χ2n) is 10.2. The third-order valence-corrected chi connectivity index (χ3v) is 8.58. The fourth-order valence-electron chi connectivity index (χ4n) is 4.83. The summed E-state index contributed by atoms with van der Waals surface area (Å²) in [5.41, 5.74) is 0. The Hall–Kier alpha value is -2.72. The number of ether oxygens (including phenoxy) is 3. The van der Waals surface area contributed by atoms with Gasteiger partial charge in [0.2, 0.25) is 5.91 Å². The number of carboxylic acids is 1. The van der Waals surface area contributed by atoms with Gasteiger partial charge in [0.1, 0.15) is 6.04 Å². The molecule has 5 N–H and O–H groups in total. The Morgan fingerprint density at radius 1 is 0.952 bits per heavy atom. The van der Waals surface area contributed by atoms with Crippen LogP contribution in [0.15, 0.2) is 12.2 Å². The van der Waals surface area contributed by atoms with E-state index in [1.165, 1.54) is 12.2 Å². The first-order valence-electron chi connectivity index (χ1n) is 14.5. The zero-order chi connectivity index (χ0) is 30.2. The highest BCUT2D eigenvalue weighted by Crippen LogP contribution is 2.33. The van der Waals surface area contributed by atoms with E-state index in [1.54, 1.807) is 0 Å². The topological polar surface area (TPSA) is 185 Å². The van der Waals surface area contributed by atoms with Gasteiger partial charge in [-0.15, -0.1) is 0 Å². The van der Waals surface area contributed by atoms with Crippen LogP contribution in [0.3, 0.4) is 0 Å². The van der Waals surface area contributed by atoms with Crippen LogP contribution in [0.1, 0.15) is 38.5 Å². The van der Waals surface area contributed by atoms with E-state index in [1.807, 2.05) is 11.8 Å². The minimum absolute atomic E-state index is 0.0672. The molecule has 2 fully saturated rings. The smallest absolute Gasteiger partial charge is 0.320 e. The minimum atomic E-state index is -0.854. The lowest BCUT2D eigenvalue weighted by atomic mass is 10.0. The van der Waals surface area contributed by atoms with Gasteiger partial charge in [0.15, 0.2) is 0 Å². The summed E-state index contributed by atoms with van der Waals surface area (Å²) in [5, 5.41) is 21.5. The molecule has 0 saturated carbocycles. The molecule has 5 amide bonds. The molecule has 42 heavy (non-hydrogen) atoms. The van der Waals surface area contributed by atoms with Crippen molar-refractivity contribution in [1.29, 1.82) is 0 Å². The Morgan fingerprint density at radius 3 is 2.26 bits per heavy atom. The fraction of sp³-hybridized carbons (Fsp3) is 0.741. The summed E-state index contributed by atoms with van der Waals surface area (Å²) in [6.45, 7) is 3.73. The van der Waals surface area contributed by atoms with Crippen molar-refractivity contribution >= 4 is 41.5 Å². The number of amides is 5. The molecular weight excluding hydrogens is 570 g/mol. The minimum Gasteiger partial charge on any atom is -0.480 e. The monoisotopic (exact) mass is 613 g/mol. The van der Waals surface area contributed by atoms with Crippen molar-refractivity contribution in [3.63, 3.8) is 0 Å². The first-order valence-corrected chi connectivity index (χ1v) is 15.6. The van der Waals surface area contributed by atoms with Crippen LogP contribution < -0.4 is 21.3 Å². The Labute approximate surface area is 250 Å². The van der Waals surface area contributed by atoms with Crippen LogP contribution in [0.4, 0.5) is 4.79 Å². The molecule has 0 bridgehead atoms. The van der Waals surface area contributed by atoms with Crippen molar-refractivity contribution in [3.8, 4) is 0 Å². The van der Waals surface area contributed by atoms with E-state index in [4.69, 9.17) is 14.2 Å². The quantitative estimate of drug-likeness (QED) is 0.0575. The van der Waals surface area contributed by atoms with Crippen LogP contribution in [0.2, 0.25) is 0 Å². The van der Waals surface area contributed by atoms with Gasteiger partial charge in [0, 0.05) is 55.9 Å². The molecule has 0 aromatic rings. The lowest BCUT2D eigenvalue weighted by molar-refractivity contribution is -0.140. The molecule has 1 unspecified atom stereocenters. The van der Waals surface area contributed by atoms with Crippen molar-refractivity contribution in [2.45, 2.75) is 61.9 Å². The summed E-state index contributed by atoms with van der Waals surface area (Å²) in [7, 11) is 0. The number of rotatable bonds is 23. The molecule has 3 aliphatic heterocycles. The molecule has 3 rings (SSSR count). The van der Waals surface area contributed by atoms with Gasteiger partial charge in [-0.2, -0.15) is 11.8 Å². The zero-order valence-corrected chi connectivity index (χ0v) is 24.7. The average Bonchev–Trinajstić information content (AvgIpc) is 3.61. The van der Waals surface area contributed by atoms with E-state index in [0.29, 0.717) is 77.2 Å². The zero-order valence-electron chi connectivity index (χ0n) is 23.8. The summed E-state index contributed by atoms with van der Waals surface area (Å²) in [5.74, 6) is -0.974. The lowest BCUT2D eigenvalue weighted by Gasteiger charge is -2.18. The number of urea groups is 1. The number of carboxylic acid groups (broad SMARTS) is 1. The number of thioether (sulfide) groups is 1. The highest BCUT2D eigenvalue weighted by molar-refractivity contribution is 8.00. The van der Waals surface area contributed by atoms with Crippen LogP contribution in [0.25, 0.3) is 0 Å². The van der Waals surface area contributed by atoms with Gasteiger partial charge in [0.25, 0.3) is 11.8 Å². The maximum atomic E-state index is 11.8. The Kier molecular flexibility index (Phi) is 15.1. The molecule has 3 aliphatic rings. The first kappa shape index (κ1) is 33.8. The van der Waals surface area contributed by atoms with Crippen LogP contribution in [0, 0.1) is 0 Å². The average molecular weight is 614 g/mol. The molecule has 2 saturated heterocycles. The van der Waals surface area contributed by atoms with Gasteiger partial charge in [-0.25, -0.2) is 4.79 Å². The van der Waals surface area contributed by atoms with E-state index in [0.717, 1.165) is 23.5 Å².